The van der Waals surface area contributed by atoms with Gasteiger partial charge in [-0.25, -0.2) is 0 Å². The van der Waals surface area contributed by atoms with Crippen molar-refractivity contribution in [1.82, 2.24) is 0 Å². The van der Waals surface area contributed by atoms with E-state index in [9.17, 15) is 0 Å². The molecule has 0 aromatic heterocycles. The molecule has 52 heavy (non-hydrogen) atoms. The van der Waals surface area contributed by atoms with Crippen LogP contribution >= 0.6 is 14.2 Å². The molecule has 4 heteroatoms. The third-order valence-electron chi connectivity index (χ3n) is 10.6. The van der Waals surface area contributed by atoms with Gasteiger partial charge in [-0.3, -0.25) is 9.98 Å². The Balaban J connectivity index is 0.00000664. The van der Waals surface area contributed by atoms with Gasteiger partial charge in [0.25, 0.3) is 0 Å². The van der Waals surface area contributed by atoms with E-state index in [1.807, 2.05) is 0 Å². The molecule has 2 aromatic rings. The van der Waals surface area contributed by atoms with Gasteiger partial charge in [-0.2, -0.15) is 0 Å². The van der Waals surface area contributed by atoms with E-state index in [1.54, 1.807) is 33.4 Å². The molecule has 0 saturated carbocycles. The third-order valence-corrected chi connectivity index (χ3v) is 10.6. The summed E-state index contributed by atoms with van der Waals surface area (Å²) in [6.07, 6.45) is 36.3. The first-order valence-electron chi connectivity index (χ1n) is 22.1. The predicted octanol–water partition coefficient (Wildman–Crippen LogP) is 16.6. The summed E-state index contributed by atoms with van der Waals surface area (Å²) in [6.45, 7) is 16.1. The zero-order chi connectivity index (χ0) is 38.2. The van der Waals surface area contributed by atoms with E-state index in [0.29, 0.717) is 0 Å². The van der Waals surface area contributed by atoms with Crippen molar-refractivity contribution in [2.45, 2.75) is 222 Å². The molecule has 0 aliphatic carbocycles. The van der Waals surface area contributed by atoms with Gasteiger partial charge in [0.1, 0.15) is 0 Å². The molecule has 0 fully saturated rings. The quantitative estimate of drug-likeness (QED) is 0.0426. The van der Waals surface area contributed by atoms with Crippen molar-refractivity contribution in [2.24, 2.45) is 9.98 Å². The molecule has 0 radical (unpaired) electrons. The normalized spacial score (nSPS) is 11.8. The second-order valence-corrected chi connectivity index (χ2v) is 15.1. The topological polar surface area (TPSA) is 24.7 Å². The molecule has 0 saturated heterocycles. The summed E-state index contributed by atoms with van der Waals surface area (Å²) < 4.78 is 0. The fourth-order valence-electron chi connectivity index (χ4n) is 7.38. The third kappa shape index (κ3) is 20.4. The molecule has 0 amide bonds. The van der Waals surface area contributed by atoms with E-state index < -0.39 is 0 Å². The number of hydrogen-bond donors (Lipinski definition) is 0. The van der Waals surface area contributed by atoms with Gasteiger partial charge >= 0.3 is 27.9 Å². The minimum absolute atomic E-state index is 0.889. The second kappa shape index (κ2) is 33.1. The molecule has 0 heterocycles. The molecule has 2 rings (SSSR count). The van der Waals surface area contributed by atoms with Crippen LogP contribution in [0.3, 0.4) is 0 Å². The van der Waals surface area contributed by atoms with Crippen LogP contribution in [0, 0.1) is 0 Å². The Morgan fingerprint density at radius 3 is 1.15 bits per heavy atom. The zero-order valence-corrected chi connectivity index (χ0v) is 37.6. The first-order valence-corrected chi connectivity index (χ1v) is 24.5. The van der Waals surface area contributed by atoms with Crippen molar-refractivity contribution in [2.75, 3.05) is 0 Å². The van der Waals surface area contributed by atoms with Gasteiger partial charge in [0.05, 0.1) is 17.1 Å². The summed E-state index contributed by atoms with van der Waals surface area (Å²) in [5.74, 6) is 0. The van der Waals surface area contributed by atoms with Crippen molar-refractivity contribution >= 4 is 37.5 Å². The van der Waals surface area contributed by atoms with Crippen LogP contribution in [0.1, 0.15) is 217 Å². The predicted molar refractivity (Wildman–Crippen MR) is 236 cm³/mol. The Hall–Kier alpha value is -1.25. The zero-order valence-electron chi connectivity index (χ0n) is 35.1. The standard InChI is InChI=1S/C48H80N2.BrH.Ni/c1-8-15-21-23-25-27-31-42-36-45(35-40(29-17-10-3)47(42)33-19-12-5)49-39-44(14-7)50-46-37-41(30-18-11-4)48(34-20-13-6)43(38-46)32-28-26-24-22-16-9-2;;/h35-39H,8-34H2,1-7H3;1H;/q;;+1/p-1. The van der Waals surface area contributed by atoms with Crippen molar-refractivity contribution < 1.29 is 13.7 Å². The maximum absolute atomic E-state index is 5.32. The maximum atomic E-state index is 5.32. The Labute approximate surface area is 338 Å². The number of benzene rings is 2. The first-order chi connectivity index (χ1) is 25.5. The number of aliphatic imine (C=N–C) groups is 2. The van der Waals surface area contributed by atoms with Gasteiger partial charge in [0.2, 0.25) is 0 Å². The van der Waals surface area contributed by atoms with E-state index in [2.05, 4.69) is 107 Å². The summed E-state index contributed by atoms with van der Waals surface area (Å²) in [7, 11) is 0. The molecule has 0 spiro atoms. The molecule has 0 N–H and O–H groups in total. The van der Waals surface area contributed by atoms with Crippen LogP contribution in [0.2, 0.25) is 0 Å². The summed E-state index contributed by atoms with van der Waals surface area (Å²) in [4.78, 5) is 10.5. The van der Waals surface area contributed by atoms with Gasteiger partial charge in [0, 0.05) is 6.21 Å². The first kappa shape index (κ1) is 48.8. The number of hydrogen-bond acceptors (Lipinski definition) is 2. The van der Waals surface area contributed by atoms with E-state index in [-0.39, 0.29) is 0 Å². The average Bonchev–Trinajstić information content (AvgIpc) is 3.17. The number of nitrogens with zero attached hydrogens (tertiary/aromatic N) is 2. The molecule has 0 bridgehead atoms. The van der Waals surface area contributed by atoms with Crippen LogP contribution in [-0.2, 0) is 52.2 Å². The van der Waals surface area contributed by atoms with Gasteiger partial charge in [-0.15, -0.1) is 0 Å². The summed E-state index contributed by atoms with van der Waals surface area (Å²) in [6, 6.07) is 9.72. The minimum atomic E-state index is 0.889. The number of aryl methyl sites for hydroxylation is 4. The molecule has 2 nitrogen and oxygen atoms in total. The molecular weight excluding hydrogens is 743 g/mol. The van der Waals surface area contributed by atoms with Gasteiger partial charge < -0.3 is 0 Å². The number of unbranched alkanes of at least 4 members (excludes halogenated alkanes) is 14. The molecule has 0 aliphatic rings. The van der Waals surface area contributed by atoms with Crippen molar-refractivity contribution in [3.05, 3.63) is 57.6 Å². The molecule has 2 aromatic carbocycles. The molecule has 0 aliphatic heterocycles. The fraction of sp³-hybridized carbons (Fsp3) is 0.708. The molecular formula is C48H80BrN2Ni. The van der Waals surface area contributed by atoms with Gasteiger partial charge in [0.15, 0.2) is 0 Å². The van der Waals surface area contributed by atoms with E-state index in [1.165, 1.54) is 167 Å². The molecule has 0 atom stereocenters. The van der Waals surface area contributed by atoms with Crippen molar-refractivity contribution in [1.29, 1.82) is 0 Å². The summed E-state index contributed by atoms with van der Waals surface area (Å²) >= 11 is 6.25. The Morgan fingerprint density at radius 2 is 0.769 bits per heavy atom. The SMILES string of the molecule is CCCCCCCCc1cc(N=CC(CC)=Nc2cc(CCCC)c(CCCC)c(CCCCCCCC)c2)cc(CCCC)c1CCCC.[Ni][Br]. The van der Waals surface area contributed by atoms with E-state index in [4.69, 9.17) is 9.98 Å². The second-order valence-electron chi connectivity index (χ2n) is 15.1. The van der Waals surface area contributed by atoms with Gasteiger partial charge in [-0.1, -0.05) is 138 Å². The van der Waals surface area contributed by atoms with Crippen molar-refractivity contribution in [3.63, 3.8) is 0 Å². The fourth-order valence-corrected chi connectivity index (χ4v) is 7.38. The van der Waals surface area contributed by atoms with E-state index >= 15 is 0 Å². The van der Waals surface area contributed by atoms with Crippen LogP contribution < -0.4 is 0 Å². The molecule has 0 unspecified atom stereocenters. The Morgan fingerprint density at radius 1 is 0.442 bits per heavy atom. The van der Waals surface area contributed by atoms with Crippen LogP contribution in [0.15, 0.2) is 34.3 Å². The summed E-state index contributed by atoms with van der Waals surface area (Å²) in [5.41, 5.74) is 12.9. The van der Waals surface area contributed by atoms with Crippen LogP contribution in [0.25, 0.3) is 0 Å². The Bertz CT molecular complexity index is 1230. The summed E-state index contributed by atoms with van der Waals surface area (Å²) in [5, 5.41) is 0. The Kier molecular flexibility index (Phi) is 31.1. The van der Waals surface area contributed by atoms with E-state index in [0.717, 1.165) is 23.5 Å². The van der Waals surface area contributed by atoms with Crippen LogP contribution in [-0.4, -0.2) is 11.9 Å². The average molecular weight is 824 g/mol. The monoisotopic (exact) mass is 821 g/mol. The number of rotatable bonds is 30. The number of halogens is 1. The molecule has 299 valence electrons. The van der Waals surface area contributed by atoms with Crippen LogP contribution in [0.4, 0.5) is 11.4 Å². The van der Waals surface area contributed by atoms with Crippen LogP contribution in [0.5, 0.6) is 0 Å². The van der Waals surface area contributed by atoms with Crippen molar-refractivity contribution in [3.8, 4) is 0 Å². The van der Waals surface area contributed by atoms with Gasteiger partial charge in [-0.05, 0) is 141 Å².